The van der Waals surface area contributed by atoms with Crippen LogP contribution in [0.5, 0.6) is 5.75 Å². The smallest absolute Gasteiger partial charge is 0.227 e. The summed E-state index contributed by atoms with van der Waals surface area (Å²) in [5.74, 6) is 1.04. The van der Waals surface area contributed by atoms with Gasteiger partial charge in [-0.25, -0.2) is 9.37 Å². The maximum atomic E-state index is 13.4. The van der Waals surface area contributed by atoms with Crippen LogP contribution in [0.4, 0.5) is 10.1 Å². The highest BCUT2D eigenvalue weighted by Crippen LogP contribution is 2.33. The van der Waals surface area contributed by atoms with E-state index in [0.717, 1.165) is 33.7 Å². The molecule has 6 nitrogen and oxygen atoms in total. The van der Waals surface area contributed by atoms with Crippen LogP contribution in [0.15, 0.2) is 66.7 Å². The van der Waals surface area contributed by atoms with Gasteiger partial charge < -0.3 is 19.3 Å². The Morgan fingerprint density at radius 1 is 1.06 bits per heavy atom. The van der Waals surface area contributed by atoms with Gasteiger partial charge in [0.1, 0.15) is 30.1 Å². The number of carbonyl (C=O) groups excluding carboxylic acids is 1. The van der Waals surface area contributed by atoms with E-state index in [2.05, 4.69) is 0 Å². The van der Waals surface area contributed by atoms with E-state index in [1.54, 1.807) is 17.0 Å². The number of aryl methyl sites for hydroxylation is 2. The van der Waals surface area contributed by atoms with Gasteiger partial charge in [-0.15, -0.1) is 0 Å². The molecule has 0 bridgehead atoms. The molecule has 1 aliphatic rings. The Morgan fingerprint density at radius 3 is 2.51 bits per heavy atom. The number of nitrogens with zero attached hydrogens (tertiary/aromatic N) is 3. The summed E-state index contributed by atoms with van der Waals surface area (Å²) in [6, 6.07) is 19.7. The predicted molar refractivity (Wildman–Crippen MR) is 133 cm³/mol. The molecular formula is C28H28FN3O3. The van der Waals surface area contributed by atoms with E-state index in [9.17, 15) is 14.3 Å². The van der Waals surface area contributed by atoms with Gasteiger partial charge in [0.05, 0.1) is 17.6 Å². The zero-order valence-corrected chi connectivity index (χ0v) is 19.8. The molecule has 0 saturated carbocycles. The number of ether oxygens (including phenoxy) is 1. The molecule has 3 aromatic carbocycles. The van der Waals surface area contributed by atoms with Crippen LogP contribution >= 0.6 is 0 Å². The fraction of sp³-hybridized carbons (Fsp3) is 0.286. The van der Waals surface area contributed by atoms with Crippen molar-refractivity contribution in [2.24, 2.45) is 0 Å². The zero-order valence-electron chi connectivity index (χ0n) is 19.8. The SMILES string of the molecule is Cc1cccc(C)c1OC[C@H](O)Cn1c([C@@H]2CC(=O)N(c3ccc(F)cc3)C2)nc2ccccc21. The van der Waals surface area contributed by atoms with E-state index in [4.69, 9.17) is 9.72 Å². The van der Waals surface area contributed by atoms with Crippen LogP contribution in [-0.4, -0.2) is 39.8 Å². The quantitative estimate of drug-likeness (QED) is 0.421. The number of aliphatic hydroxyl groups excluding tert-OH is 1. The van der Waals surface area contributed by atoms with Crippen molar-refractivity contribution >= 4 is 22.6 Å². The Balaban J connectivity index is 1.39. The highest BCUT2D eigenvalue weighted by atomic mass is 19.1. The fourth-order valence-electron chi connectivity index (χ4n) is 4.82. The molecule has 0 radical (unpaired) electrons. The first kappa shape index (κ1) is 23.1. The Labute approximate surface area is 203 Å². The normalized spacial score (nSPS) is 16.7. The fourth-order valence-corrected chi connectivity index (χ4v) is 4.82. The summed E-state index contributed by atoms with van der Waals surface area (Å²) >= 11 is 0. The lowest BCUT2D eigenvalue weighted by molar-refractivity contribution is -0.117. The Morgan fingerprint density at radius 2 is 1.77 bits per heavy atom. The lowest BCUT2D eigenvalue weighted by Crippen LogP contribution is -2.26. The summed E-state index contributed by atoms with van der Waals surface area (Å²) in [6.07, 6.45) is -0.467. The van der Waals surface area contributed by atoms with Gasteiger partial charge in [0.2, 0.25) is 5.91 Å². The van der Waals surface area contributed by atoms with Crippen molar-refractivity contribution in [3.63, 3.8) is 0 Å². The molecule has 180 valence electrons. The summed E-state index contributed by atoms with van der Waals surface area (Å²) in [5.41, 5.74) is 4.44. The molecule has 0 unspecified atom stereocenters. The minimum atomic E-state index is -0.768. The van der Waals surface area contributed by atoms with E-state index in [0.29, 0.717) is 25.2 Å². The van der Waals surface area contributed by atoms with Gasteiger partial charge in [0, 0.05) is 24.6 Å². The number of para-hydroxylation sites is 3. The number of imidazole rings is 1. The van der Waals surface area contributed by atoms with Crippen LogP contribution < -0.4 is 9.64 Å². The number of rotatable bonds is 7. The first-order valence-electron chi connectivity index (χ1n) is 11.8. The number of amides is 1. The van der Waals surface area contributed by atoms with Gasteiger partial charge in [-0.1, -0.05) is 30.3 Å². The molecule has 2 atom stereocenters. The van der Waals surface area contributed by atoms with Crippen LogP contribution in [0.3, 0.4) is 0 Å². The second kappa shape index (κ2) is 9.50. The molecular weight excluding hydrogens is 445 g/mol. The average molecular weight is 474 g/mol. The summed E-state index contributed by atoms with van der Waals surface area (Å²) in [6.45, 7) is 4.86. The maximum Gasteiger partial charge on any atom is 0.227 e. The third kappa shape index (κ3) is 4.64. The molecule has 2 heterocycles. The predicted octanol–water partition coefficient (Wildman–Crippen LogP) is 4.75. The molecule has 1 saturated heterocycles. The summed E-state index contributed by atoms with van der Waals surface area (Å²) < 4.78 is 21.4. The van der Waals surface area contributed by atoms with E-state index in [1.165, 1.54) is 12.1 Å². The summed E-state index contributed by atoms with van der Waals surface area (Å²) in [4.78, 5) is 19.4. The summed E-state index contributed by atoms with van der Waals surface area (Å²) in [7, 11) is 0. The average Bonchev–Trinajstić information content (AvgIpc) is 3.40. The third-order valence-electron chi connectivity index (χ3n) is 6.53. The minimum absolute atomic E-state index is 0.0286. The first-order chi connectivity index (χ1) is 16.9. The van der Waals surface area contributed by atoms with Gasteiger partial charge in [-0.05, 0) is 61.4 Å². The Hall–Kier alpha value is -3.71. The third-order valence-corrected chi connectivity index (χ3v) is 6.53. The maximum absolute atomic E-state index is 13.4. The number of aliphatic hydroxyl groups is 1. The van der Waals surface area contributed by atoms with Crippen molar-refractivity contribution in [2.45, 2.75) is 38.8 Å². The van der Waals surface area contributed by atoms with Crippen molar-refractivity contribution in [3.05, 3.63) is 89.5 Å². The van der Waals surface area contributed by atoms with Crippen LogP contribution in [-0.2, 0) is 11.3 Å². The number of carbonyl (C=O) groups is 1. The number of halogens is 1. The Bertz CT molecular complexity index is 1350. The van der Waals surface area contributed by atoms with Crippen molar-refractivity contribution in [2.75, 3.05) is 18.1 Å². The second-order valence-electron chi connectivity index (χ2n) is 9.14. The van der Waals surface area contributed by atoms with Gasteiger partial charge in [0.25, 0.3) is 0 Å². The largest absolute Gasteiger partial charge is 0.490 e. The van der Waals surface area contributed by atoms with Crippen molar-refractivity contribution < 1.29 is 19.0 Å². The van der Waals surface area contributed by atoms with E-state index >= 15 is 0 Å². The van der Waals surface area contributed by atoms with Gasteiger partial charge in [0.15, 0.2) is 0 Å². The topological polar surface area (TPSA) is 67.6 Å². The molecule has 1 amide bonds. The molecule has 4 aromatic rings. The molecule has 1 aliphatic heterocycles. The number of aromatic nitrogens is 2. The van der Waals surface area contributed by atoms with Crippen LogP contribution in [0, 0.1) is 19.7 Å². The number of anilines is 1. The molecule has 5 rings (SSSR count). The van der Waals surface area contributed by atoms with E-state index in [1.807, 2.05) is 60.9 Å². The molecule has 7 heteroatoms. The standard InChI is InChI=1S/C28H28FN3O3/c1-18-6-5-7-19(2)27(18)35-17-23(33)16-32-25-9-4-3-8-24(25)30-28(32)20-14-26(34)31(15-20)22-12-10-21(29)11-13-22/h3-13,20,23,33H,14-17H2,1-2H3/t20-,23-/m1/s1. The van der Waals surface area contributed by atoms with Gasteiger partial charge >= 0.3 is 0 Å². The number of hydrogen-bond donors (Lipinski definition) is 1. The van der Waals surface area contributed by atoms with Gasteiger partial charge in [-0.3, -0.25) is 4.79 Å². The van der Waals surface area contributed by atoms with E-state index in [-0.39, 0.29) is 24.2 Å². The zero-order chi connectivity index (χ0) is 24.5. The lowest BCUT2D eigenvalue weighted by Gasteiger charge is -2.20. The van der Waals surface area contributed by atoms with Crippen LogP contribution in [0.2, 0.25) is 0 Å². The highest BCUT2D eigenvalue weighted by molar-refractivity contribution is 5.96. The van der Waals surface area contributed by atoms with Crippen molar-refractivity contribution in [3.8, 4) is 5.75 Å². The number of hydrogen-bond acceptors (Lipinski definition) is 4. The van der Waals surface area contributed by atoms with Crippen molar-refractivity contribution in [1.82, 2.24) is 9.55 Å². The van der Waals surface area contributed by atoms with Gasteiger partial charge in [-0.2, -0.15) is 0 Å². The monoisotopic (exact) mass is 473 g/mol. The second-order valence-corrected chi connectivity index (χ2v) is 9.14. The van der Waals surface area contributed by atoms with Crippen LogP contribution in [0.25, 0.3) is 11.0 Å². The van der Waals surface area contributed by atoms with E-state index < -0.39 is 6.10 Å². The highest BCUT2D eigenvalue weighted by Gasteiger charge is 2.35. The molecule has 1 N–H and O–H groups in total. The lowest BCUT2D eigenvalue weighted by atomic mass is 10.1. The Kier molecular flexibility index (Phi) is 6.26. The molecule has 0 aliphatic carbocycles. The summed E-state index contributed by atoms with van der Waals surface area (Å²) in [5, 5.41) is 10.9. The van der Waals surface area contributed by atoms with Crippen LogP contribution in [0.1, 0.15) is 29.3 Å². The first-order valence-corrected chi connectivity index (χ1v) is 11.8. The molecule has 1 fully saturated rings. The molecule has 1 aromatic heterocycles. The molecule has 35 heavy (non-hydrogen) atoms. The van der Waals surface area contributed by atoms with Crippen molar-refractivity contribution in [1.29, 1.82) is 0 Å². The minimum Gasteiger partial charge on any atom is -0.490 e. The number of fused-ring (bicyclic) bond motifs is 1. The number of benzene rings is 3. The molecule has 0 spiro atoms.